The maximum Gasteiger partial charge on any atom is 0.247 e. The number of carbonyl (C=O) groups is 4. The molecule has 28 heteroatoms. The summed E-state index contributed by atoms with van der Waals surface area (Å²) in [4.78, 5) is 64.0. The molecule has 0 saturated heterocycles. The van der Waals surface area contributed by atoms with Crippen molar-refractivity contribution in [2.45, 2.75) is 276 Å². The number of nitrogens with one attached hydrogen (secondary N) is 4. The third kappa shape index (κ3) is 21.7. The van der Waals surface area contributed by atoms with E-state index in [4.69, 9.17) is 4.52 Å². The number of hydrogen-bond acceptors (Lipinski definition) is 20. The molecule has 0 bridgehead atoms. The lowest BCUT2D eigenvalue weighted by Gasteiger charge is -2.26. The Morgan fingerprint density at radius 1 is 0.494 bits per heavy atom. The van der Waals surface area contributed by atoms with Crippen molar-refractivity contribution in [3.8, 4) is 0 Å². The van der Waals surface area contributed by atoms with Gasteiger partial charge in [0.25, 0.3) is 0 Å². The number of anilines is 4. The molecule has 4 amide bonds. The van der Waals surface area contributed by atoms with Crippen LogP contribution in [0.2, 0.25) is 0 Å². The molecule has 4 atom stereocenters. The van der Waals surface area contributed by atoms with E-state index in [1.807, 2.05) is 80.0 Å². The van der Waals surface area contributed by atoms with Gasteiger partial charge in [-0.15, -0.1) is 34.0 Å². The Morgan fingerprint density at radius 3 is 1.12 bits per heavy atom. The van der Waals surface area contributed by atoms with Gasteiger partial charge in [-0.3, -0.25) is 19.2 Å². The zero-order valence-electron chi connectivity index (χ0n) is 58.2. The first-order valence-electron chi connectivity index (χ1n) is 29.9. The summed E-state index contributed by atoms with van der Waals surface area (Å²) in [6.45, 7) is 52.1. The van der Waals surface area contributed by atoms with Crippen LogP contribution in [-0.4, -0.2) is 118 Å². The normalized spacial score (nSPS) is 14.5. The van der Waals surface area contributed by atoms with Gasteiger partial charge >= 0.3 is 0 Å². The first-order valence-corrected chi connectivity index (χ1v) is 38.8. The van der Waals surface area contributed by atoms with Gasteiger partial charge in [0.1, 0.15) is 25.8 Å². The van der Waals surface area contributed by atoms with Crippen molar-refractivity contribution in [1.82, 2.24) is 20.1 Å². The van der Waals surface area contributed by atoms with E-state index in [0.29, 0.717) is 34.0 Å². The summed E-state index contributed by atoms with van der Waals surface area (Å²) in [7, 11) is -14.2. The van der Waals surface area contributed by atoms with Crippen LogP contribution >= 0.6 is 34.0 Å². The molecule has 4 unspecified atom stereocenters. The van der Waals surface area contributed by atoms with Gasteiger partial charge in [-0.25, -0.2) is 48.6 Å². The number of aromatic nitrogens is 4. The van der Waals surface area contributed by atoms with Gasteiger partial charge in [0.05, 0.1) is 38.1 Å². The topological polar surface area (TPSA) is 318 Å². The number of carbonyl (C=O) groups excluding carboxylic acids is 4. The zero-order valence-corrected chi connectivity index (χ0v) is 63.9. The third-order valence-corrected chi connectivity index (χ3v) is 29.2. The van der Waals surface area contributed by atoms with Crippen LogP contribution in [0.1, 0.15) is 234 Å². The van der Waals surface area contributed by atoms with Crippen molar-refractivity contribution in [2.24, 2.45) is 11.8 Å². The summed E-state index contributed by atoms with van der Waals surface area (Å²) in [6.07, 6.45) is 0.932. The predicted molar refractivity (Wildman–Crippen MR) is 368 cm³/mol. The lowest BCUT2D eigenvalue weighted by atomic mass is 9.93. The average molecular weight is 1380 g/mol. The fourth-order valence-corrected chi connectivity index (χ4v) is 17.8. The van der Waals surface area contributed by atoms with E-state index in [0.717, 1.165) is 22.0 Å². The second-order valence-corrected chi connectivity index (χ2v) is 42.4. The Labute approximate surface area is 545 Å². The van der Waals surface area contributed by atoms with Crippen LogP contribution in [0, 0.1) is 18.8 Å². The largest absolute Gasteiger partial charge is 0.359 e. The highest BCUT2D eigenvalue weighted by molar-refractivity contribution is 7.94. The molecule has 4 heterocycles. The Bertz CT molecular complexity index is 3380. The molecule has 510 valence electrons. The molecule has 0 aromatic carbocycles. The SMILES string of the molecule is CC(C)C(C(=O)Nc1nc(C(C)(C)C)cs1)S(=O)(=O)C(C)C.CCC(C)S(=O)(=O)C(C)(C)C(=O)Nc1cc(C(C)(C)C)on1.CCC(C)S(=O)(=O)C(C)(C)C(=O)Nc1nc(C(C)(C)C)cs1.Cc1nc(NC(=O)C(C(C)C)S(=O)(=O)C(C)C)sc1C(C)(C)C. The van der Waals surface area contributed by atoms with Gasteiger partial charge in [-0.05, 0) is 106 Å². The summed E-state index contributed by atoms with van der Waals surface area (Å²) in [5.41, 5.74) is 2.08. The number of thiazole rings is 3. The standard InChI is InChI=1S/C16H28N2O3S2.C15H26N2O4S.2C15H26N2O3S2/c1-9(2)12(23(20,21)10(3)4)14(19)18-15-17-11(5)13(22-15)16(6,7)8;1-8-10(2)22(19,20)15(6,7)13(18)16-12-9-11(21-17-12)14(3,4)5;1-9(2)12(22(19,20)10(3)4)13(18)17-14-16-11(8-21-14)15(5,6)7;1-8-10(2)22(19,20)15(6,7)12(18)17-13-16-11(9-21-13)14(3,4)5/h9-10,12H,1-8H3,(H,17,18,19);9-10H,8H2,1-7H3,(H,16,17,18);8-10,12H,1-7H3,(H,16,17,18);9-10H,8H2,1-7H3,(H,16,17,18). The summed E-state index contributed by atoms with van der Waals surface area (Å²) < 4.78 is 102. The third-order valence-electron chi connectivity index (χ3n) is 14.7. The number of aryl methyl sites for hydroxylation is 1. The molecule has 0 aliphatic rings. The monoisotopic (exact) mass is 1380 g/mol. The summed E-state index contributed by atoms with van der Waals surface area (Å²) in [5, 5.41) is 15.0. The Morgan fingerprint density at radius 2 is 0.843 bits per heavy atom. The van der Waals surface area contributed by atoms with Crippen LogP contribution in [0.3, 0.4) is 0 Å². The molecular weight excluding hydrogens is 1280 g/mol. The minimum absolute atomic E-state index is 0.0633. The zero-order chi connectivity index (χ0) is 70.1. The van der Waals surface area contributed by atoms with Crippen molar-refractivity contribution >= 4 is 118 Å². The minimum Gasteiger partial charge on any atom is -0.359 e. The lowest BCUT2D eigenvalue weighted by molar-refractivity contribution is -0.118. The number of hydrogen-bond donors (Lipinski definition) is 4. The second kappa shape index (κ2) is 31.1. The van der Waals surface area contributed by atoms with Gasteiger partial charge in [0, 0.05) is 37.9 Å². The Balaban J connectivity index is 0.000000593. The lowest BCUT2D eigenvalue weighted by Crippen LogP contribution is -2.48. The Kier molecular flexibility index (Phi) is 29.0. The second-order valence-electron chi connectivity index (χ2n) is 28.6. The van der Waals surface area contributed by atoms with Crippen molar-refractivity contribution in [3.63, 3.8) is 0 Å². The van der Waals surface area contributed by atoms with E-state index in [-0.39, 0.29) is 39.3 Å². The highest BCUT2D eigenvalue weighted by Gasteiger charge is 2.46. The van der Waals surface area contributed by atoms with Crippen molar-refractivity contribution in [3.05, 3.63) is 44.5 Å². The fourth-order valence-electron chi connectivity index (χ4n) is 8.00. The van der Waals surface area contributed by atoms with Crippen molar-refractivity contribution in [2.75, 3.05) is 21.3 Å². The molecule has 4 rings (SSSR count). The molecular formula is C61H106N8O13S7. The Hall–Kier alpha value is -4.22. The highest BCUT2D eigenvalue weighted by atomic mass is 32.2. The molecule has 0 spiro atoms. The molecule has 4 N–H and O–H groups in total. The van der Waals surface area contributed by atoms with Crippen LogP contribution < -0.4 is 21.3 Å². The van der Waals surface area contributed by atoms with Gasteiger partial charge in [0.2, 0.25) is 23.6 Å². The van der Waals surface area contributed by atoms with E-state index >= 15 is 0 Å². The van der Waals surface area contributed by atoms with E-state index < -0.39 is 104 Å². The first kappa shape index (κ1) is 82.8. The maximum absolute atomic E-state index is 12.6. The smallest absolute Gasteiger partial charge is 0.247 e. The van der Waals surface area contributed by atoms with Crippen LogP contribution in [0.4, 0.5) is 21.2 Å². The van der Waals surface area contributed by atoms with E-state index in [1.165, 1.54) is 61.7 Å². The van der Waals surface area contributed by atoms with Crippen LogP contribution in [0.15, 0.2) is 21.3 Å². The number of rotatable bonds is 20. The molecule has 89 heavy (non-hydrogen) atoms. The summed E-state index contributed by atoms with van der Waals surface area (Å²) in [5.74, 6) is -1.90. The molecule has 0 aliphatic heterocycles. The average Bonchev–Trinajstić information content (AvgIpc) is 1.47. The molecule has 0 saturated carbocycles. The van der Waals surface area contributed by atoms with Gasteiger partial charge < -0.3 is 25.8 Å². The molecule has 0 aliphatic carbocycles. The van der Waals surface area contributed by atoms with Gasteiger partial charge in [-0.2, -0.15) is 0 Å². The summed E-state index contributed by atoms with van der Waals surface area (Å²) >= 11 is 4.03. The predicted octanol–water partition coefficient (Wildman–Crippen LogP) is 13.0. The van der Waals surface area contributed by atoms with Crippen molar-refractivity contribution in [1.29, 1.82) is 0 Å². The first-order chi connectivity index (χ1) is 39.8. The highest BCUT2D eigenvalue weighted by Crippen LogP contribution is 2.35. The number of nitrogens with zero attached hydrogens (tertiary/aromatic N) is 4. The van der Waals surface area contributed by atoms with Crippen LogP contribution in [0.25, 0.3) is 0 Å². The number of amides is 4. The quantitative estimate of drug-likeness (QED) is 0.0639. The maximum atomic E-state index is 12.6. The van der Waals surface area contributed by atoms with Gasteiger partial charge in [0.15, 0.2) is 60.6 Å². The number of sulfone groups is 4. The molecule has 0 radical (unpaired) electrons. The summed E-state index contributed by atoms with van der Waals surface area (Å²) in [6, 6.07) is 1.61. The van der Waals surface area contributed by atoms with E-state index in [9.17, 15) is 52.8 Å². The van der Waals surface area contributed by atoms with Crippen LogP contribution in [0.5, 0.6) is 0 Å². The van der Waals surface area contributed by atoms with Crippen molar-refractivity contribution < 1.29 is 57.4 Å². The molecule has 21 nitrogen and oxygen atoms in total. The van der Waals surface area contributed by atoms with Gasteiger partial charge in [-0.1, -0.05) is 130 Å². The van der Waals surface area contributed by atoms with E-state index in [1.54, 1.807) is 89.2 Å². The minimum atomic E-state index is -3.60. The van der Waals surface area contributed by atoms with E-state index in [2.05, 4.69) is 62.1 Å². The molecule has 0 fully saturated rings. The fraction of sp³-hybridized carbons (Fsp3) is 0.738. The molecule has 4 aromatic rings. The molecule has 4 aromatic heterocycles. The van der Waals surface area contributed by atoms with Crippen LogP contribution in [-0.2, 0) is 80.2 Å².